The van der Waals surface area contributed by atoms with Crippen LogP contribution in [0.5, 0.6) is 0 Å². The molecule has 0 spiro atoms. The van der Waals surface area contributed by atoms with Gasteiger partial charge in [-0.05, 0) is 60.6 Å². The summed E-state index contributed by atoms with van der Waals surface area (Å²) in [5.74, 6) is 0. The molecule has 0 N–H and O–H groups in total. The Bertz CT molecular complexity index is 558. The summed E-state index contributed by atoms with van der Waals surface area (Å²) < 4.78 is 0. The van der Waals surface area contributed by atoms with Gasteiger partial charge in [0.15, 0.2) is 0 Å². The lowest BCUT2D eigenvalue weighted by Gasteiger charge is -2.19. The van der Waals surface area contributed by atoms with E-state index in [0.29, 0.717) is 0 Å². The fraction of sp³-hybridized carbons (Fsp3) is 0.444. The highest BCUT2D eigenvalue weighted by Gasteiger charge is 2.19. The van der Waals surface area contributed by atoms with E-state index in [-0.39, 0.29) is 5.38 Å². The summed E-state index contributed by atoms with van der Waals surface area (Å²) in [5.41, 5.74) is 5.59. The van der Waals surface area contributed by atoms with Crippen LogP contribution in [0.25, 0.3) is 0 Å². The van der Waals surface area contributed by atoms with E-state index in [1.54, 1.807) is 0 Å². The van der Waals surface area contributed by atoms with Gasteiger partial charge >= 0.3 is 0 Å². The van der Waals surface area contributed by atoms with Gasteiger partial charge in [0, 0.05) is 9.75 Å². The monoisotopic (exact) mass is 306 g/mol. The Morgan fingerprint density at radius 1 is 1.00 bits per heavy atom. The van der Waals surface area contributed by atoms with E-state index in [2.05, 4.69) is 52.0 Å². The van der Waals surface area contributed by atoms with Crippen molar-refractivity contribution in [1.82, 2.24) is 0 Å². The molecule has 1 aromatic heterocycles. The molecule has 0 aliphatic rings. The Morgan fingerprint density at radius 2 is 1.60 bits per heavy atom. The molecule has 0 nitrogen and oxygen atoms in total. The molecule has 0 saturated carbocycles. The molecular weight excluding hydrogens is 284 g/mol. The average molecular weight is 307 g/mol. The number of hydrogen-bond acceptors (Lipinski definition) is 1. The molecule has 0 saturated heterocycles. The molecule has 2 rings (SSSR count). The van der Waals surface area contributed by atoms with Crippen LogP contribution in [0.1, 0.15) is 58.2 Å². The first kappa shape index (κ1) is 15.6. The topological polar surface area (TPSA) is 0 Å². The summed E-state index contributed by atoms with van der Waals surface area (Å²) in [7, 11) is 0. The van der Waals surface area contributed by atoms with E-state index >= 15 is 0 Å². The number of hydrogen-bond donors (Lipinski definition) is 0. The van der Waals surface area contributed by atoms with Crippen LogP contribution in [-0.2, 0) is 19.3 Å². The van der Waals surface area contributed by atoms with Crippen LogP contribution in [0.3, 0.4) is 0 Å². The van der Waals surface area contributed by atoms with Crippen molar-refractivity contribution in [2.45, 2.75) is 52.3 Å². The van der Waals surface area contributed by atoms with Crippen molar-refractivity contribution in [1.29, 1.82) is 0 Å². The van der Waals surface area contributed by atoms with E-state index in [1.807, 2.05) is 11.3 Å². The van der Waals surface area contributed by atoms with Gasteiger partial charge in [-0.2, -0.15) is 0 Å². The minimum Gasteiger partial charge on any atom is -0.144 e. The molecule has 0 aliphatic heterocycles. The fourth-order valence-corrected chi connectivity index (χ4v) is 4.05. The fourth-order valence-electron chi connectivity index (χ4n) is 2.70. The highest BCUT2D eigenvalue weighted by atomic mass is 35.5. The maximum Gasteiger partial charge on any atom is 0.0933 e. The van der Waals surface area contributed by atoms with Gasteiger partial charge in [-0.25, -0.2) is 0 Å². The number of alkyl halides is 1. The van der Waals surface area contributed by atoms with Crippen molar-refractivity contribution in [3.8, 4) is 0 Å². The van der Waals surface area contributed by atoms with Crippen molar-refractivity contribution >= 4 is 22.9 Å². The Balaban J connectivity index is 2.53. The Morgan fingerprint density at radius 3 is 2.00 bits per heavy atom. The number of thiophene rings is 1. The van der Waals surface area contributed by atoms with Crippen molar-refractivity contribution in [3.63, 3.8) is 0 Å². The smallest absolute Gasteiger partial charge is 0.0933 e. The van der Waals surface area contributed by atoms with Gasteiger partial charge in [0.1, 0.15) is 0 Å². The van der Waals surface area contributed by atoms with Crippen molar-refractivity contribution in [3.05, 3.63) is 56.3 Å². The SMILES string of the molecule is CCc1cc(CC)c(C(Cl)c2ccc(C)s2)c(CC)c1. The minimum atomic E-state index is -0.00972. The van der Waals surface area contributed by atoms with E-state index in [1.165, 1.54) is 32.0 Å². The summed E-state index contributed by atoms with van der Waals surface area (Å²) in [6.45, 7) is 8.80. The van der Waals surface area contributed by atoms with Crippen molar-refractivity contribution < 1.29 is 0 Å². The zero-order valence-corrected chi connectivity index (χ0v) is 14.4. The molecule has 0 fully saturated rings. The second kappa shape index (κ2) is 6.78. The van der Waals surface area contributed by atoms with Crippen LogP contribution in [0.4, 0.5) is 0 Å². The number of halogens is 1. The third-order valence-electron chi connectivity index (χ3n) is 3.85. The third-order valence-corrected chi connectivity index (χ3v) is 5.49. The predicted octanol–water partition coefficient (Wildman–Crippen LogP) is 6.07. The van der Waals surface area contributed by atoms with E-state index in [9.17, 15) is 0 Å². The zero-order chi connectivity index (χ0) is 14.7. The first-order chi connectivity index (χ1) is 9.60. The molecule has 1 heterocycles. The summed E-state index contributed by atoms with van der Waals surface area (Å²) in [6.07, 6.45) is 3.18. The van der Waals surface area contributed by atoms with Crippen molar-refractivity contribution in [2.75, 3.05) is 0 Å². The van der Waals surface area contributed by atoms with Crippen LogP contribution < -0.4 is 0 Å². The number of rotatable bonds is 5. The van der Waals surface area contributed by atoms with Gasteiger partial charge in [0.25, 0.3) is 0 Å². The van der Waals surface area contributed by atoms with Gasteiger partial charge in [-0.3, -0.25) is 0 Å². The maximum atomic E-state index is 6.82. The van der Waals surface area contributed by atoms with Gasteiger partial charge in [0.2, 0.25) is 0 Å². The second-order valence-electron chi connectivity index (χ2n) is 5.20. The van der Waals surface area contributed by atoms with Crippen LogP contribution >= 0.6 is 22.9 Å². The van der Waals surface area contributed by atoms with Crippen molar-refractivity contribution in [2.24, 2.45) is 0 Å². The van der Waals surface area contributed by atoms with E-state index in [0.717, 1.165) is 19.3 Å². The summed E-state index contributed by atoms with van der Waals surface area (Å²) >= 11 is 8.63. The molecule has 2 aromatic rings. The molecule has 2 heteroatoms. The molecule has 1 atom stereocenters. The second-order valence-corrected chi connectivity index (χ2v) is 6.96. The molecule has 0 bridgehead atoms. The van der Waals surface area contributed by atoms with Gasteiger partial charge in [-0.15, -0.1) is 22.9 Å². The molecule has 0 radical (unpaired) electrons. The van der Waals surface area contributed by atoms with Crippen LogP contribution in [0.2, 0.25) is 0 Å². The molecule has 1 unspecified atom stereocenters. The Labute approximate surface area is 131 Å². The summed E-state index contributed by atoms with van der Waals surface area (Å²) in [5, 5.41) is -0.00972. The number of aryl methyl sites for hydroxylation is 4. The normalized spacial score (nSPS) is 12.7. The lowest BCUT2D eigenvalue weighted by molar-refractivity contribution is 0.972. The Kier molecular flexibility index (Phi) is 5.29. The van der Waals surface area contributed by atoms with Crippen LogP contribution in [0, 0.1) is 6.92 Å². The quantitative estimate of drug-likeness (QED) is 0.588. The van der Waals surface area contributed by atoms with E-state index < -0.39 is 0 Å². The number of benzene rings is 1. The zero-order valence-electron chi connectivity index (χ0n) is 12.8. The van der Waals surface area contributed by atoms with Crippen LogP contribution in [0.15, 0.2) is 24.3 Å². The third kappa shape index (κ3) is 3.10. The largest absolute Gasteiger partial charge is 0.144 e. The summed E-state index contributed by atoms with van der Waals surface area (Å²) in [6, 6.07) is 9.01. The first-order valence-electron chi connectivity index (χ1n) is 7.45. The van der Waals surface area contributed by atoms with Crippen LogP contribution in [-0.4, -0.2) is 0 Å². The molecular formula is C18H23ClS. The lowest BCUT2D eigenvalue weighted by atomic mass is 9.91. The van der Waals surface area contributed by atoms with Gasteiger partial charge < -0.3 is 0 Å². The average Bonchev–Trinajstić information content (AvgIpc) is 2.91. The molecule has 0 amide bonds. The van der Waals surface area contributed by atoms with Gasteiger partial charge in [-0.1, -0.05) is 32.9 Å². The Hall–Kier alpha value is -0.790. The standard InChI is InChI=1S/C18H23ClS/c1-5-13-10-14(6-2)17(15(7-3)11-13)18(19)16-9-8-12(4)20-16/h8-11,18H,5-7H2,1-4H3. The van der Waals surface area contributed by atoms with E-state index in [4.69, 9.17) is 11.6 Å². The summed E-state index contributed by atoms with van der Waals surface area (Å²) in [4.78, 5) is 2.59. The lowest BCUT2D eigenvalue weighted by Crippen LogP contribution is -2.04. The highest BCUT2D eigenvalue weighted by molar-refractivity contribution is 7.12. The molecule has 20 heavy (non-hydrogen) atoms. The maximum absolute atomic E-state index is 6.82. The highest BCUT2D eigenvalue weighted by Crippen LogP contribution is 2.38. The van der Waals surface area contributed by atoms with Gasteiger partial charge in [0.05, 0.1) is 5.38 Å². The molecule has 0 aliphatic carbocycles. The minimum absolute atomic E-state index is 0.00972. The first-order valence-corrected chi connectivity index (χ1v) is 8.70. The molecule has 108 valence electrons. The molecule has 1 aromatic carbocycles. The predicted molar refractivity (Wildman–Crippen MR) is 91.3 cm³/mol.